The third kappa shape index (κ3) is 4.67. The number of carbonyl (C=O) groups excluding carboxylic acids is 1. The zero-order chi connectivity index (χ0) is 16.7. The monoisotopic (exact) mass is 312 g/mol. The van der Waals surface area contributed by atoms with Crippen LogP contribution < -0.4 is 10.1 Å². The summed E-state index contributed by atoms with van der Waals surface area (Å²) in [6.07, 6.45) is 2.90. The van der Waals surface area contributed by atoms with Gasteiger partial charge < -0.3 is 10.1 Å². The number of ketones is 1. The van der Waals surface area contributed by atoms with Crippen molar-refractivity contribution in [3.05, 3.63) is 76.5 Å². The fourth-order valence-electron chi connectivity index (χ4n) is 1.87. The SMILES string of the molecule is CCOc1ccc(NC=CC(=O)c2ccc([N+](=O)[O-])cc2)cc1. The Kier molecular flexibility index (Phi) is 5.46. The van der Waals surface area contributed by atoms with E-state index in [1.54, 1.807) is 0 Å². The lowest BCUT2D eigenvalue weighted by Gasteiger charge is -2.04. The number of nitrogens with one attached hydrogen (secondary N) is 1. The Morgan fingerprint density at radius 2 is 1.83 bits per heavy atom. The maximum absolute atomic E-state index is 11.9. The van der Waals surface area contributed by atoms with E-state index in [2.05, 4.69) is 5.32 Å². The van der Waals surface area contributed by atoms with Crippen LogP contribution in [0.3, 0.4) is 0 Å². The van der Waals surface area contributed by atoms with Gasteiger partial charge in [-0.15, -0.1) is 0 Å². The van der Waals surface area contributed by atoms with Crippen LogP contribution in [0, 0.1) is 10.1 Å². The number of benzene rings is 2. The molecule has 6 nitrogen and oxygen atoms in total. The van der Waals surface area contributed by atoms with E-state index in [0.717, 1.165) is 11.4 Å². The molecule has 0 aromatic heterocycles. The molecule has 0 aliphatic heterocycles. The van der Waals surface area contributed by atoms with E-state index in [-0.39, 0.29) is 11.5 Å². The molecule has 118 valence electrons. The number of carbonyl (C=O) groups is 1. The number of ether oxygens (including phenoxy) is 1. The van der Waals surface area contributed by atoms with Crippen molar-refractivity contribution in [1.29, 1.82) is 0 Å². The molecule has 0 bridgehead atoms. The van der Waals surface area contributed by atoms with E-state index in [1.807, 2.05) is 31.2 Å². The Morgan fingerprint density at radius 3 is 2.39 bits per heavy atom. The van der Waals surface area contributed by atoms with Gasteiger partial charge in [-0.2, -0.15) is 0 Å². The molecule has 0 fully saturated rings. The van der Waals surface area contributed by atoms with Crippen molar-refractivity contribution < 1.29 is 14.5 Å². The van der Waals surface area contributed by atoms with Gasteiger partial charge in [0.25, 0.3) is 5.69 Å². The van der Waals surface area contributed by atoms with Gasteiger partial charge in [-0.1, -0.05) is 0 Å². The van der Waals surface area contributed by atoms with Gasteiger partial charge in [0.2, 0.25) is 0 Å². The second-order valence-electron chi connectivity index (χ2n) is 4.60. The van der Waals surface area contributed by atoms with Gasteiger partial charge in [0.1, 0.15) is 5.75 Å². The lowest BCUT2D eigenvalue weighted by atomic mass is 10.1. The maximum atomic E-state index is 11.9. The van der Waals surface area contributed by atoms with Gasteiger partial charge >= 0.3 is 0 Å². The lowest BCUT2D eigenvalue weighted by Crippen LogP contribution is -1.97. The standard InChI is InChI=1S/C17H16N2O4/c1-2-23-16-9-5-14(6-10-16)18-12-11-17(20)13-3-7-15(8-4-13)19(21)22/h3-12,18H,2H2,1H3. The summed E-state index contributed by atoms with van der Waals surface area (Å²) in [6.45, 7) is 2.52. The highest BCUT2D eigenvalue weighted by Crippen LogP contribution is 2.16. The van der Waals surface area contributed by atoms with Gasteiger partial charge in [0.05, 0.1) is 11.5 Å². The molecule has 0 unspecified atom stereocenters. The molecule has 0 aliphatic rings. The Bertz CT molecular complexity index is 706. The molecule has 0 amide bonds. The fourth-order valence-corrected chi connectivity index (χ4v) is 1.87. The predicted molar refractivity (Wildman–Crippen MR) is 87.8 cm³/mol. The molecular formula is C17H16N2O4. The van der Waals surface area contributed by atoms with Crippen molar-refractivity contribution in [3.8, 4) is 5.75 Å². The number of non-ortho nitro benzene ring substituents is 1. The number of allylic oxidation sites excluding steroid dienone is 1. The summed E-state index contributed by atoms with van der Waals surface area (Å²) >= 11 is 0. The Balaban J connectivity index is 1.94. The first-order valence-electron chi connectivity index (χ1n) is 7.05. The minimum atomic E-state index is -0.502. The fraction of sp³-hybridized carbons (Fsp3) is 0.118. The molecule has 0 atom stereocenters. The third-order valence-electron chi connectivity index (χ3n) is 3.01. The Labute approximate surface area is 133 Å². The van der Waals surface area contributed by atoms with Crippen LogP contribution in [0.15, 0.2) is 60.8 Å². The zero-order valence-corrected chi connectivity index (χ0v) is 12.6. The molecule has 0 radical (unpaired) electrons. The van der Waals surface area contributed by atoms with Crippen LogP contribution >= 0.6 is 0 Å². The first-order valence-corrected chi connectivity index (χ1v) is 7.05. The van der Waals surface area contributed by atoms with Crippen LogP contribution in [0.5, 0.6) is 5.75 Å². The van der Waals surface area contributed by atoms with E-state index < -0.39 is 4.92 Å². The second kappa shape index (κ2) is 7.74. The molecule has 23 heavy (non-hydrogen) atoms. The molecule has 0 saturated carbocycles. The average molecular weight is 312 g/mol. The number of hydrogen-bond donors (Lipinski definition) is 1. The smallest absolute Gasteiger partial charge is 0.269 e. The summed E-state index contributed by atoms with van der Waals surface area (Å²) in [6, 6.07) is 12.8. The van der Waals surface area contributed by atoms with Gasteiger partial charge in [0.15, 0.2) is 5.78 Å². The highest BCUT2D eigenvalue weighted by Gasteiger charge is 2.07. The number of rotatable bonds is 7. The van der Waals surface area contributed by atoms with Crippen LogP contribution in [-0.2, 0) is 0 Å². The molecule has 2 aromatic carbocycles. The van der Waals surface area contributed by atoms with Crippen molar-refractivity contribution >= 4 is 17.2 Å². The minimum Gasteiger partial charge on any atom is -0.494 e. The molecule has 2 rings (SSSR count). The molecule has 0 saturated heterocycles. The van der Waals surface area contributed by atoms with E-state index in [4.69, 9.17) is 4.74 Å². The van der Waals surface area contributed by atoms with Crippen molar-refractivity contribution in [2.75, 3.05) is 11.9 Å². The minimum absolute atomic E-state index is 0.0435. The van der Waals surface area contributed by atoms with Crippen LogP contribution in [0.4, 0.5) is 11.4 Å². The Morgan fingerprint density at radius 1 is 1.17 bits per heavy atom. The number of hydrogen-bond acceptors (Lipinski definition) is 5. The van der Waals surface area contributed by atoms with Gasteiger partial charge in [0, 0.05) is 35.7 Å². The quantitative estimate of drug-likeness (QED) is 0.364. The van der Waals surface area contributed by atoms with Crippen LogP contribution in [0.2, 0.25) is 0 Å². The number of nitro groups is 1. The summed E-state index contributed by atoms with van der Waals surface area (Å²) in [5, 5.41) is 13.5. The molecule has 0 spiro atoms. The molecule has 6 heteroatoms. The molecule has 2 aromatic rings. The molecule has 0 aliphatic carbocycles. The summed E-state index contributed by atoms with van der Waals surface area (Å²) in [7, 11) is 0. The summed E-state index contributed by atoms with van der Waals surface area (Å²) in [5.41, 5.74) is 1.17. The predicted octanol–water partition coefficient (Wildman–Crippen LogP) is 3.80. The molecule has 1 N–H and O–H groups in total. The third-order valence-corrected chi connectivity index (χ3v) is 3.01. The largest absolute Gasteiger partial charge is 0.494 e. The second-order valence-corrected chi connectivity index (χ2v) is 4.60. The maximum Gasteiger partial charge on any atom is 0.269 e. The van der Waals surface area contributed by atoms with Crippen molar-refractivity contribution in [3.63, 3.8) is 0 Å². The summed E-state index contributed by atoms with van der Waals surface area (Å²) in [5.74, 6) is 0.544. The first kappa shape index (κ1) is 16.2. The highest BCUT2D eigenvalue weighted by molar-refractivity contribution is 6.04. The topological polar surface area (TPSA) is 81.5 Å². The van der Waals surface area contributed by atoms with E-state index in [9.17, 15) is 14.9 Å². The normalized spacial score (nSPS) is 10.5. The number of nitro benzene ring substituents is 1. The van der Waals surface area contributed by atoms with E-state index in [0.29, 0.717) is 12.2 Å². The van der Waals surface area contributed by atoms with E-state index >= 15 is 0 Å². The first-order chi connectivity index (χ1) is 11.1. The van der Waals surface area contributed by atoms with Gasteiger partial charge in [-0.25, -0.2) is 0 Å². The average Bonchev–Trinajstić information content (AvgIpc) is 2.56. The molecular weight excluding hydrogens is 296 g/mol. The van der Waals surface area contributed by atoms with Crippen LogP contribution in [-0.4, -0.2) is 17.3 Å². The van der Waals surface area contributed by atoms with Gasteiger partial charge in [-0.3, -0.25) is 14.9 Å². The van der Waals surface area contributed by atoms with Crippen LogP contribution in [0.1, 0.15) is 17.3 Å². The number of anilines is 1. The lowest BCUT2D eigenvalue weighted by molar-refractivity contribution is -0.384. The van der Waals surface area contributed by atoms with Crippen molar-refractivity contribution in [2.24, 2.45) is 0 Å². The Hall–Kier alpha value is -3.15. The molecule has 0 heterocycles. The summed E-state index contributed by atoms with van der Waals surface area (Å²) in [4.78, 5) is 22.0. The van der Waals surface area contributed by atoms with Crippen LogP contribution in [0.25, 0.3) is 0 Å². The number of nitrogens with zero attached hydrogens (tertiary/aromatic N) is 1. The van der Waals surface area contributed by atoms with E-state index in [1.165, 1.54) is 36.5 Å². The highest BCUT2D eigenvalue weighted by atomic mass is 16.6. The van der Waals surface area contributed by atoms with Crippen molar-refractivity contribution in [2.45, 2.75) is 6.92 Å². The van der Waals surface area contributed by atoms with Gasteiger partial charge in [-0.05, 0) is 43.3 Å². The van der Waals surface area contributed by atoms with Crippen molar-refractivity contribution in [1.82, 2.24) is 0 Å². The zero-order valence-electron chi connectivity index (χ0n) is 12.6. The summed E-state index contributed by atoms with van der Waals surface area (Å²) < 4.78 is 5.34.